The van der Waals surface area contributed by atoms with Gasteiger partial charge in [-0.3, -0.25) is 4.98 Å². The van der Waals surface area contributed by atoms with E-state index in [1.54, 1.807) is 12.3 Å². The van der Waals surface area contributed by atoms with E-state index in [2.05, 4.69) is 27.0 Å². The van der Waals surface area contributed by atoms with Crippen LogP contribution in [0, 0.1) is 11.3 Å². The summed E-state index contributed by atoms with van der Waals surface area (Å²) in [5, 5.41) is 8.66. The summed E-state index contributed by atoms with van der Waals surface area (Å²) in [6.07, 6.45) is 1.66. The van der Waals surface area contributed by atoms with Crippen LogP contribution in [0.25, 0.3) is 0 Å². The molecular weight excluding hydrogens is 239 g/mol. The van der Waals surface area contributed by atoms with Crippen LogP contribution in [0.3, 0.4) is 0 Å². The van der Waals surface area contributed by atoms with Crippen LogP contribution in [-0.2, 0) is 0 Å². The minimum atomic E-state index is -0.306. The van der Waals surface area contributed by atoms with Crippen molar-refractivity contribution in [3.63, 3.8) is 0 Å². The number of pyridine rings is 1. The average molecular weight is 246 g/mol. The largest absolute Gasteiger partial charge is 0.259 e. The molecule has 0 aliphatic heterocycles. The fraction of sp³-hybridized carbons (Fsp3) is 0.250. The van der Waals surface area contributed by atoms with Crippen LogP contribution in [0.5, 0.6) is 0 Å². The normalized spacial score (nSPS) is 12.1. The quantitative estimate of drug-likeness (QED) is 0.751. The first-order chi connectivity index (χ1) is 5.77. The van der Waals surface area contributed by atoms with Crippen molar-refractivity contribution in [3.8, 4) is 6.07 Å². The first-order valence-corrected chi connectivity index (χ1v) is 4.67. The van der Waals surface area contributed by atoms with Gasteiger partial charge in [0.15, 0.2) is 0 Å². The molecule has 0 saturated carbocycles. The average Bonchev–Trinajstić information content (AvgIpc) is 2.10. The Balaban J connectivity index is 2.89. The molecule has 2 nitrogen and oxygen atoms in total. The van der Waals surface area contributed by atoms with Crippen LogP contribution >= 0.6 is 27.5 Å². The highest BCUT2D eigenvalue weighted by Gasteiger charge is 2.09. The van der Waals surface area contributed by atoms with Crippen molar-refractivity contribution in [1.29, 1.82) is 5.26 Å². The van der Waals surface area contributed by atoms with Crippen LogP contribution in [0.2, 0.25) is 0 Å². The predicted molar refractivity (Wildman–Crippen MR) is 51.0 cm³/mol. The SMILES string of the molecule is N#CC(CCl)c1ccc(Br)cn1. The standard InChI is InChI=1S/C8H6BrClN2/c9-7-1-2-8(12-5-7)6(3-10)4-11/h1-2,5-6H,3H2. The number of halogens is 2. The molecule has 1 heterocycles. The van der Waals surface area contributed by atoms with Crippen LogP contribution < -0.4 is 0 Å². The molecule has 1 aromatic heterocycles. The molecule has 62 valence electrons. The lowest BCUT2D eigenvalue weighted by Crippen LogP contribution is -1.99. The Morgan fingerprint density at radius 1 is 1.67 bits per heavy atom. The van der Waals surface area contributed by atoms with Gasteiger partial charge in [0.05, 0.1) is 11.8 Å². The predicted octanol–water partition coefficient (Wildman–Crippen LogP) is 2.69. The van der Waals surface area contributed by atoms with Gasteiger partial charge >= 0.3 is 0 Å². The fourth-order valence-corrected chi connectivity index (χ4v) is 1.23. The van der Waals surface area contributed by atoms with Crippen molar-refractivity contribution in [1.82, 2.24) is 4.98 Å². The highest BCUT2D eigenvalue weighted by molar-refractivity contribution is 9.10. The molecule has 0 aliphatic carbocycles. The van der Waals surface area contributed by atoms with Crippen molar-refractivity contribution in [2.24, 2.45) is 0 Å². The number of nitrogens with zero attached hydrogens (tertiary/aromatic N) is 2. The molecule has 1 atom stereocenters. The number of nitriles is 1. The zero-order chi connectivity index (χ0) is 8.97. The minimum absolute atomic E-state index is 0.283. The number of hydrogen-bond acceptors (Lipinski definition) is 2. The van der Waals surface area contributed by atoms with Gasteiger partial charge in [-0.15, -0.1) is 11.6 Å². The second-order valence-corrected chi connectivity index (χ2v) is 3.46. The van der Waals surface area contributed by atoms with E-state index >= 15 is 0 Å². The lowest BCUT2D eigenvalue weighted by Gasteiger charge is -2.02. The third-order valence-electron chi connectivity index (χ3n) is 1.42. The topological polar surface area (TPSA) is 36.7 Å². The van der Waals surface area contributed by atoms with Crippen LogP contribution in [0.4, 0.5) is 0 Å². The molecule has 0 aliphatic rings. The van der Waals surface area contributed by atoms with E-state index in [-0.39, 0.29) is 11.8 Å². The van der Waals surface area contributed by atoms with E-state index in [4.69, 9.17) is 16.9 Å². The van der Waals surface area contributed by atoms with Gasteiger partial charge in [-0.05, 0) is 28.1 Å². The summed E-state index contributed by atoms with van der Waals surface area (Å²) in [4.78, 5) is 4.07. The molecule has 0 amide bonds. The van der Waals surface area contributed by atoms with Crippen molar-refractivity contribution < 1.29 is 0 Å². The lowest BCUT2D eigenvalue weighted by atomic mass is 10.1. The molecule has 1 unspecified atom stereocenters. The zero-order valence-corrected chi connectivity index (χ0v) is 8.51. The second-order valence-electron chi connectivity index (χ2n) is 2.24. The molecule has 0 bridgehead atoms. The Bertz CT molecular complexity index is 291. The van der Waals surface area contributed by atoms with Gasteiger partial charge < -0.3 is 0 Å². The smallest absolute Gasteiger partial charge is 0.102 e. The Kier molecular flexibility index (Phi) is 3.51. The van der Waals surface area contributed by atoms with Crippen LogP contribution in [-0.4, -0.2) is 10.9 Å². The number of aromatic nitrogens is 1. The van der Waals surface area contributed by atoms with Gasteiger partial charge in [-0.2, -0.15) is 5.26 Å². The molecule has 12 heavy (non-hydrogen) atoms. The molecule has 0 radical (unpaired) electrons. The summed E-state index contributed by atoms with van der Waals surface area (Å²) in [5.41, 5.74) is 0.718. The maximum atomic E-state index is 8.66. The number of alkyl halides is 1. The maximum Gasteiger partial charge on any atom is 0.102 e. The zero-order valence-electron chi connectivity index (χ0n) is 6.17. The van der Waals surface area contributed by atoms with Crippen molar-refractivity contribution >= 4 is 27.5 Å². The van der Waals surface area contributed by atoms with Gasteiger partial charge in [-0.1, -0.05) is 0 Å². The molecule has 1 rings (SSSR count). The second kappa shape index (κ2) is 4.44. The lowest BCUT2D eigenvalue weighted by molar-refractivity contribution is 0.925. The maximum absolute atomic E-state index is 8.66. The Morgan fingerprint density at radius 3 is 2.83 bits per heavy atom. The molecule has 1 aromatic rings. The van der Waals surface area contributed by atoms with Crippen molar-refractivity contribution in [3.05, 3.63) is 28.5 Å². The summed E-state index contributed by atoms with van der Waals surface area (Å²) in [6.45, 7) is 0. The number of rotatable bonds is 2. The minimum Gasteiger partial charge on any atom is -0.259 e. The van der Waals surface area contributed by atoms with Gasteiger partial charge in [0.2, 0.25) is 0 Å². The van der Waals surface area contributed by atoms with Gasteiger partial charge in [0.1, 0.15) is 5.92 Å². The van der Waals surface area contributed by atoms with Crippen LogP contribution in [0.15, 0.2) is 22.8 Å². The third kappa shape index (κ3) is 2.20. The molecule has 0 aromatic carbocycles. The van der Waals surface area contributed by atoms with Crippen molar-refractivity contribution in [2.75, 3.05) is 5.88 Å². The van der Waals surface area contributed by atoms with E-state index in [0.717, 1.165) is 10.2 Å². The van der Waals surface area contributed by atoms with Crippen molar-refractivity contribution in [2.45, 2.75) is 5.92 Å². The monoisotopic (exact) mass is 244 g/mol. The summed E-state index contributed by atoms with van der Waals surface area (Å²) in [5.74, 6) is -0.0229. The van der Waals surface area contributed by atoms with Crippen LogP contribution in [0.1, 0.15) is 11.6 Å². The van der Waals surface area contributed by atoms with E-state index in [1.165, 1.54) is 0 Å². The van der Waals surface area contributed by atoms with E-state index in [0.29, 0.717) is 0 Å². The van der Waals surface area contributed by atoms with E-state index < -0.39 is 0 Å². The molecule has 0 saturated heterocycles. The first-order valence-electron chi connectivity index (χ1n) is 3.35. The molecular formula is C8H6BrClN2. The fourth-order valence-electron chi connectivity index (χ4n) is 0.773. The van der Waals surface area contributed by atoms with E-state index in [9.17, 15) is 0 Å². The third-order valence-corrected chi connectivity index (χ3v) is 2.20. The Labute approximate surface area is 84.3 Å². The van der Waals surface area contributed by atoms with Gasteiger partial charge in [0, 0.05) is 16.5 Å². The summed E-state index contributed by atoms with van der Waals surface area (Å²) in [7, 11) is 0. The summed E-state index contributed by atoms with van der Waals surface area (Å²) in [6, 6.07) is 5.72. The summed E-state index contributed by atoms with van der Waals surface area (Å²) >= 11 is 8.83. The highest BCUT2D eigenvalue weighted by atomic mass is 79.9. The van der Waals surface area contributed by atoms with E-state index in [1.807, 2.05) is 6.07 Å². The first kappa shape index (κ1) is 9.50. The van der Waals surface area contributed by atoms with Gasteiger partial charge in [0.25, 0.3) is 0 Å². The number of hydrogen-bond donors (Lipinski definition) is 0. The summed E-state index contributed by atoms with van der Waals surface area (Å²) < 4.78 is 0.900. The molecule has 4 heteroatoms. The highest BCUT2D eigenvalue weighted by Crippen LogP contribution is 2.16. The Hall–Kier alpha value is -0.590. The molecule has 0 N–H and O–H groups in total. The molecule has 0 fully saturated rings. The molecule has 0 spiro atoms. The van der Waals surface area contributed by atoms with Gasteiger partial charge in [-0.25, -0.2) is 0 Å². The Morgan fingerprint density at radius 2 is 2.42 bits per heavy atom.